The number of ether oxygens (including phenoxy) is 4. The van der Waals surface area contributed by atoms with Gasteiger partial charge in [-0.1, -0.05) is 32.0 Å². The van der Waals surface area contributed by atoms with Gasteiger partial charge in [0.2, 0.25) is 11.8 Å². The number of imidazole rings is 1. The van der Waals surface area contributed by atoms with Crippen LogP contribution in [0.2, 0.25) is 0 Å². The number of rotatable bonds is 11. The number of aromatic nitrogens is 2. The van der Waals surface area contributed by atoms with Crippen LogP contribution in [0, 0.1) is 5.92 Å². The van der Waals surface area contributed by atoms with Crippen LogP contribution in [0.1, 0.15) is 75.0 Å². The van der Waals surface area contributed by atoms with Crippen molar-refractivity contribution < 1.29 is 38.1 Å². The monoisotopic (exact) mass is 831 g/mol. The molecule has 320 valence electrons. The second-order valence-electron chi connectivity index (χ2n) is 16.5. The summed E-state index contributed by atoms with van der Waals surface area (Å²) >= 11 is 0. The average Bonchev–Trinajstić information content (AvgIpc) is 4.11. The Labute approximate surface area is 355 Å². The minimum absolute atomic E-state index is 0.113. The first kappa shape index (κ1) is 41.5. The lowest BCUT2D eigenvalue weighted by atomic mass is 9.94. The third-order valence-corrected chi connectivity index (χ3v) is 12.4. The maximum atomic E-state index is 13.8. The highest BCUT2D eigenvalue weighted by atomic mass is 16.5. The van der Waals surface area contributed by atoms with Gasteiger partial charge in [0.15, 0.2) is 0 Å². The second kappa shape index (κ2) is 17.4. The fourth-order valence-electron chi connectivity index (χ4n) is 8.98. The molecule has 15 heteroatoms. The van der Waals surface area contributed by atoms with Crippen LogP contribution in [-0.2, 0) is 36.6 Å². The Morgan fingerprint density at radius 2 is 1.38 bits per heavy atom. The Morgan fingerprint density at radius 3 is 2.10 bits per heavy atom. The van der Waals surface area contributed by atoms with Gasteiger partial charge in [0.05, 0.1) is 50.0 Å². The van der Waals surface area contributed by atoms with Gasteiger partial charge in [0.25, 0.3) is 0 Å². The number of nitrogens with zero attached hydrogens (tertiary/aromatic N) is 4. The number of H-pyrrole nitrogens is 1. The molecule has 3 aromatic carbocycles. The molecule has 4 aliphatic rings. The number of carbonyl (C=O) groups excluding carboxylic acids is 4. The average molecular weight is 832 g/mol. The van der Waals surface area contributed by atoms with E-state index in [-0.39, 0.29) is 29.8 Å². The molecule has 2 saturated heterocycles. The fraction of sp³-hybridized carbons (Fsp3) is 0.435. The number of fused-ring (bicyclic) bond motifs is 3. The molecular formula is C46H53N7O8. The van der Waals surface area contributed by atoms with E-state index < -0.39 is 30.4 Å². The minimum Gasteiger partial charge on any atom is -0.457 e. The SMILES string of the molecule is COC(=O)N[C@H](C(=O)N1CCC[C@H]1c1ncc(-c2ccc3c(c2)Cc2ccc(-c4ccc5c(c4)CC([C@@H]4CCCN4C(=O)[C@@H](NC(=O)OC)[C@@H](C)OC)=N5)cc2O3)[nH]1)C(C)C. The van der Waals surface area contributed by atoms with Crippen LogP contribution >= 0.6 is 0 Å². The van der Waals surface area contributed by atoms with Gasteiger partial charge in [-0.05, 0) is 103 Å². The van der Waals surface area contributed by atoms with Crippen molar-refractivity contribution >= 4 is 35.4 Å². The number of methoxy groups -OCH3 is 3. The van der Waals surface area contributed by atoms with Gasteiger partial charge in [-0.15, -0.1) is 0 Å². The zero-order valence-electron chi connectivity index (χ0n) is 35.4. The summed E-state index contributed by atoms with van der Waals surface area (Å²) in [6.45, 7) is 6.72. The maximum Gasteiger partial charge on any atom is 0.407 e. The Hall–Kier alpha value is -6.22. The van der Waals surface area contributed by atoms with E-state index in [1.807, 2.05) is 48.0 Å². The van der Waals surface area contributed by atoms with E-state index in [1.54, 1.807) is 6.92 Å². The zero-order chi connectivity index (χ0) is 42.9. The predicted molar refractivity (Wildman–Crippen MR) is 228 cm³/mol. The highest BCUT2D eigenvalue weighted by molar-refractivity contribution is 6.01. The zero-order valence-corrected chi connectivity index (χ0v) is 35.4. The molecule has 4 aromatic rings. The van der Waals surface area contributed by atoms with Gasteiger partial charge < -0.3 is 44.4 Å². The molecule has 3 N–H and O–H groups in total. The van der Waals surface area contributed by atoms with Gasteiger partial charge >= 0.3 is 12.2 Å². The first-order chi connectivity index (χ1) is 29.5. The summed E-state index contributed by atoms with van der Waals surface area (Å²) in [7, 11) is 4.07. The number of amides is 4. The summed E-state index contributed by atoms with van der Waals surface area (Å²) in [5.41, 5.74) is 8.99. The third kappa shape index (κ3) is 8.30. The van der Waals surface area contributed by atoms with Gasteiger partial charge in [0, 0.05) is 44.3 Å². The molecule has 0 unspecified atom stereocenters. The van der Waals surface area contributed by atoms with Crippen molar-refractivity contribution in [1.29, 1.82) is 0 Å². The van der Waals surface area contributed by atoms with Crippen LogP contribution in [0.4, 0.5) is 15.3 Å². The molecule has 8 rings (SSSR count). The van der Waals surface area contributed by atoms with Gasteiger partial charge in [-0.3, -0.25) is 14.6 Å². The van der Waals surface area contributed by atoms with Crippen LogP contribution in [0.5, 0.6) is 11.5 Å². The molecule has 1 aromatic heterocycles. The van der Waals surface area contributed by atoms with Crippen molar-refractivity contribution in [3.05, 3.63) is 83.3 Å². The molecule has 0 spiro atoms. The maximum absolute atomic E-state index is 13.8. The number of hydrogen-bond acceptors (Lipinski definition) is 10. The first-order valence-corrected chi connectivity index (χ1v) is 21.0. The van der Waals surface area contributed by atoms with Crippen molar-refractivity contribution in [2.45, 2.75) is 89.6 Å². The quantitative estimate of drug-likeness (QED) is 0.128. The van der Waals surface area contributed by atoms with Crippen LogP contribution in [0.3, 0.4) is 0 Å². The smallest absolute Gasteiger partial charge is 0.407 e. The molecular weight excluding hydrogens is 779 g/mol. The standard InChI is InChI=1S/C46H53N7O8/c1-25(2)40(50-45(56)59-5)43(54)53-18-8-10-37(53)42-47-24-35(49-42)29-14-16-38-32(20-29)21-30-12-11-28(23-39(30)61-38)27-13-15-33-31(19-27)22-34(48-33)36-9-7-17-52(36)44(55)41(26(3)58-4)51-46(57)60-6/h11-16,19-20,23-26,36-37,40-41H,7-10,17-18,21-22H2,1-6H3,(H,47,49)(H,50,56)(H,51,57)/t26-,36+,37+,40+,41+/m1/s1. The van der Waals surface area contributed by atoms with Gasteiger partial charge in [-0.25, -0.2) is 14.6 Å². The summed E-state index contributed by atoms with van der Waals surface area (Å²) in [6, 6.07) is 16.8. The predicted octanol–water partition coefficient (Wildman–Crippen LogP) is 6.86. The summed E-state index contributed by atoms with van der Waals surface area (Å²) in [4.78, 5) is 68.3. The lowest BCUT2D eigenvalue weighted by Gasteiger charge is -2.31. The van der Waals surface area contributed by atoms with Crippen LogP contribution in [0.25, 0.3) is 22.4 Å². The van der Waals surface area contributed by atoms with Gasteiger partial charge in [-0.2, -0.15) is 0 Å². The summed E-state index contributed by atoms with van der Waals surface area (Å²) in [5, 5.41) is 5.36. The highest BCUT2D eigenvalue weighted by Crippen LogP contribution is 2.42. The third-order valence-electron chi connectivity index (χ3n) is 12.4. The van der Waals surface area contributed by atoms with Crippen molar-refractivity contribution in [1.82, 2.24) is 30.4 Å². The van der Waals surface area contributed by atoms with E-state index >= 15 is 0 Å². The molecule has 4 amide bonds. The van der Waals surface area contributed by atoms with Crippen molar-refractivity contribution in [2.75, 3.05) is 34.4 Å². The molecule has 15 nitrogen and oxygen atoms in total. The lowest BCUT2D eigenvalue weighted by molar-refractivity contribution is -0.136. The normalized spacial score (nSPS) is 19.2. The lowest BCUT2D eigenvalue weighted by Crippen LogP contribution is -2.56. The number of aromatic amines is 1. The van der Waals surface area contributed by atoms with E-state index in [4.69, 9.17) is 28.9 Å². The molecule has 4 aliphatic heterocycles. The van der Waals surface area contributed by atoms with Gasteiger partial charge in [0.1, 0.15) is 29.4 Å². The highest BCUT2D eigenvalue weighted by Gasteiger charge is 2.40. The Bertz CT molecular complexity index is 2370. The number of carbonyl (C=O) groups is 4. The molecule has 61 heavy (non-hydrogen) atoms. The minimum atomic E-state index is -0.879. The van der Waals surface area contributed by atoms with E-state index in [0.717, 1.165) is 87.7 Å². The number of hydrogen-bond donors (Lipinski definition) is 3. The fourth-order valence-corrected chi connectivity index (χ4v) is 8.98. The number of benzene rings is 3. The summed E-state index contributed by atoms with van der Waals surface area (Å²) in [5.74, 6) is 1.86. The summed E-state index contributed by atoms with van der Waals surface area (Å²) in [6.07, 6.45) is 4.54. The molecule has 5 heterocycles. The molecule has 0 radical (unpaired) electrons. The molecule has 0 aliphatic carbocycles. The van der Waals surface area contributed by atoms with E-state index in [0.29, 0.717) is 31.8 Å². The first-order valence-electron chi connectivity index (χ1n) is 21.0. The van der Waals surface area contributed by atoms with Crippen LogP contribution < -0.4 is 15.4 Å². The summed E-state index contributed by atoms with van der Waals surface area (Å²) < 4.78 is 21.5. The number of aliphatic imine (C=N–C) groups is 1. The largest absolute Gasteiger partial charge is 0.457 e. The molecule has 0 saturated carbocycles. The topological polar surface area (TPSA) is 177 Å². The van der Waals surface area contributed by atoms with E-state index in [2.05, 4.69) is 52.0 Å². The Balaban J connectivity index is 0.934. The Kier molecular flexibility index (Phi) is 11.8. The molecule has 2 fully saturated rings. The number of alkyl carbamates (subject to hydrolysis) is 2. The Morgan fingerprint density at radius 1 is 0.738 bits per heavy atom. The molecule has 5 atom stereocenters. The second-order valence-corrected chi connectivity index (χ2v) is 16.5. The number of likely N-dealkylation sites (tertiary alicyclic amines) is 2. The van der Waals surface area contributed by atoms with Crippen molar-refractivity contribution in [3.8, 4) is 33.9 Å². The van der Waals surface area contributed by atoms with Crippen molar-refractivity contribution in [2.24, 2.45) is 10.9 Å². The van der Waals surface area contributed by atoms with Crippen LogP contribution in [-0.4, -0.2) is 108 Å². The van der Waals surface area contributed by atoms with E-state index in [9.17, 15) is 19.2 Å². The number of nitrogens with one attached hydrogen (secondary N) is 3. The van der Waals surface area contributed by atoms with Crippen molar-refractivity contribution in [3.63, 3.8) is 0 Å². The molecule has 0 bridgehead atoms. The van der Waals surface area contributed by atoms with E-state index in [1.165, 1.54) is 21.3 Å². The van der Waals surface area contributed by atoms with Crippen LogP contribution in [0.15, 0.2) is 65.8 Å².